The van der Waals surface area contributed by atoms with Gasteiger partial charge in [0.05, 0.1) is 20.8 Å². The summed E-state index contributed by atoms with van der Waals surface area (Å²) in [6.07, 6.45) is 13.5. The Morgan fingerprint density at radius 3 is 2.18 bits per heavy atom. The number of carboxylic acid groups (broad SMARTS) is 1. The summed E-state index contributed by atoms with van der Waals surface area (Å²) in [5, 5.41) is 8.85. The molecule has 0 radical (unpaired) electrons. The molecule has 8 rings (SSSR count). The van der Waals surface area contributed by atoms with E-state index >= 15 is 0 Å². The van der Waals surface area contributed by atoms with E-state index < -0.39 is 70.1 Å². The average molecular weight is 1250 g/mol. The quantitative estimate of drug-likeness (QED) is 0.0359. The van der Waals surface area contributed by atoms with Crippen molar-refractivity contribution in [3.63, 3.8) is 0 Å². The monoisotopic (exact) mass is 1250 g/mol. The van der Waals surface area contributed by atoms with Crippen molar-refractivity contribution in [3.05, 3.63) is 136 Å². The van der Waals surface area contributed by atoms with Gasteiger partial charge in [-0.1, -0.05) is 45.4 Å². The second-order valence-electron chi connectivity index (χ2n) is 21.2. The van der Waals surface area contributed by atoms with E-state index in [2.05, 4.69) is 36.6 Å². The van der Waals surface area contributed by atoms with Gasteiger partial charge in [0.1, 0.15) is 46.3 Å². The van der Waals surface area contributed by atoms with Crippen molar-refractivity contribution in [1.82, 2.24) is 0 Å². The number of allylic oxidation sites excluding steroid dienone is 8. The molecule has 3 aromatic rings. The number of carbonyl (C=O) groups excluding carboxylic acids is 1. The first-order valence-corrected chi connectivity index (χ1v) is 31.7. The van der Waals surface area contributed by atoms with Gasteiger partial charge in [-0.3, -0.25) is 9.35 Å². The van der Waals surface area contributed by atoms with Crippen molar-refractivity contribution in [2.24, 2.45) is 5.92 Å². The molecule has 20 nitrogen and oxygen atoms in total. The molecule has 3 heterocycles. The minimum atomic E-state index is -4.80. The van der Waals surface area contributed by atoms with Gasteiger partial charge in [0.2, 0.25) is 0 Å². The summed E-state index contributed by atoms with van der Waals surface area (Å²) in [5.41, 5.74) is 7.26. The Morgan fingerprint density at radius 1 is 0.819 bits per heavy atom. The number of carbonyl (C=O) groups is 2. The predicted molar refractivity (Wildman–Crippen MR) is 292 cm³/mol. The van der Waals surface area contributed by atoms with Crippen LogP contribution in [0, 0.1) is 12.0 Å². The van der Waals surface area contributed by atoms with E-state index in [0.29, 0.717) is 85.9 Å². The molecule has 0 saturated carbocycles. The van der Waals surface area contributed by atoms with Gasteiger partial charge in [0.15, 0.2) is 17.2 Å². The third kappa shape index (κ3) is 18.9. The van der Waals surface area contributed by atoms with Crippen LogP contribution in [-0.4, -0.2) is 116 Å². The standard InChI is InChI=1S/C56H66N2O15S3.3Na.O3S/c1-55(2)43-13-5-6-14-45(43)57(29-7-9-32-74(62,63)64)49(55)27-21-39-19-17-38-18-20-40(22-28-50-56(3,4)44-35-42(76(68,69)70)24-25-46(44)58(50)30-8-10-33-75(65,66)67)54-52(38)53(39)72-47-26-16-37(34-48(47)73-54)15-23-41(59)12-11-31-71-36-51(60)61;;;;1-4(2)3/h6,13-14,16,21-22,24-28,34-35,38H,7-12,15,17-20,23,29-33,36H2,1-4H3,(H,60,61)(H,62,63,64)(H,65,66,67)(H,68,69,70);;;;/q;3*+1;/p-2. The van der Waals surface area contributed by atoms with Crippen LogP contribution in [0.2, 0.25) is 0 Å². The number of anilines is 1. The first kappa shape index (κ1) is 72.4. The number of aliphatic carboxylic acids is 1. The molecule has 0 spiro atoms. The molecule has 2 aliphatic carbocycles. The molecule has 2 N–H and O–H groups in total. The van der Waals surface area contributed by atoms with E-state index in [0.717, 1.165) is 57.8 Å². The molecule has 27 heteroatoms. The number of ketones is 1. The maximum absolute atomic E-state index is 12.9. The number of hydrogen-bond acceptors (Lipinski definition) is 17. The van der Waals surface area contributed by atoms with Crippen molar-refractivity contribution in [1.29, 1.82) is 0 Å². The second kappa shape index (κ2) is 30.7. The molecule has 0 saturated heterocycles. The van der Waals surface area contributed by atoms with E-state index in [1.165, 1.54) is 12.1 Å². The smallest absolute Gasteiger partial charge is 0.748 e. The zero-order valence-corrected chi connectivity index (χ0v) is 57.0. The third-order valence-corrected chi connectivity index (χ3v) is 17.4. The molecule has 83 heavy (non-hydrogen) atoms. The summed E-state index contributed by atoms with van der Waals surface area (Å²) >= 11 is 0. The SMILES string of the molecule is CC1(C)C(/C=C/C2=C3Oc4ccc(CCC(=O)CCCOCC(=O)O)cc4OC4=C3C(CC2)CC/C4=C\C=C2\N(CCCCS(=O)(=O)[O-])c3ccc(S(=O)(=O)[O-])cc3C2(C)C)=[N+](CCCCS(=O)(=O)O)c2cc[c-]cc21.O=S(=O)=O.[Na+].[Na+].[Na+]. The summed E-state index contributed by atoms with van der Waals surface area (Å²) in [6, 6.07) is 18.9. The first-order chi connectivity index (χ1) is 37.5. The zero-order chi connectivity index (χ0) is 58.4. The molecule has 0 aromatic heterocycles. The number of aryl methyl sites for hydroxylation is 1. The molecule has 0 bridgehead atoms. The second-order valence-corrected chi connectivity index (χ2v) is 26.1. The molecular formula is C56H64N2Na3O18S4+. The number of rotatable bonds is 23. The van der Waals surface area contributed by atoms with Crippen LogP contribution in [-0.2, 0) is 72.5 Å². The topological polar surface area (TPSA) is 308 Å². The van der Waals surface area contributed by atoms with Crippen molar-refractivity contribution in [2.45, 2.75) is 120 Å². The average Bonchev–Trinajstić information content (AvgIpc) is 3.72. The zero-order valence-electron chi connectivity index (χ0n) is 47.8. The maximum Gasteiger partial charge on any atom is 1.00 e. The Hall–Kier alpha value is -3.12. The van der Waals surface area contributed by atoms with Gasteiger partial charge in [-0.05, 0) is 128 Å². The van der Waals surface area contributed by atoms with Gasteiger partial charge in [0.25, 0.3) is 10.1 Å². The Morgan fingerprint density at radius 2 is 1.51 bits per heavy atom. The van der Waals surface area contributed by atoms with Gasteiger partial charge in [-0.2, -0.15) is 26.6 Å². The molecule has 3 aromatic carbocycles. The van der Waals surface area contributed by atoms with Crippen LogP contribution in [0.15, 0.2) is 118 Å². The molecule has 5 aliphatic rings. The number of hydrogen-bond donors (Lipinski definition) is 2. The molecular weight excluding hydrogens is 1190 g/mol. The normalized spacial score (nSPS) is 18.5. The molecule has 3 aliphatic heterocycles. The van der Waals surface area contributed by atoms with Crippen molar-refractivity contribution < 1.29 is 174 Å². The number of Topliss-reactive ketones (excluding diaryl/α,β-unsaturated/α-hetero) is 1. The van der Waals surface area contributed by atoms with Gasteiger partial charge in [0, 0.05) is 72.0 Å². The molecule has 1 atom stereocenters. The van der Waals surface area contributed by atoms with E-state index in [1.54, 1.807) is 6.07 Å². The van der Waals surface area contributed by atoms with Crippen molar-refractivity contribution >= 4 is 69.8 Å². The summed E-state index contributed by atoms with van der Waals surface area (Å²) < 4.78 is 151. The molecule has 0 amide bonds. The fraction of sp³-hybridized carbons (Fsp3) is 0.446. The van der Waals surface area contributed by atoms with E-state index in [1.807, 2.05) is 67.3 Å². The summed E-state index contributed by atoms with van der Waals surface area (Å²) in [4.78, 5) is 25.4. The fourth-order valence-electron chi connectivity index (χ4n) is 11.0. The van der Waals surface area contributed by atoms with Crippen LogP contribution in [0.3, 0.4) is 0 Å². The largest absolute Gasteiger partial charge is 1.00 e. The minimum absolute atomic E-state index is 0. The fourth-order valence-corrected chi connectivity index (χ4v) is 12.7. The summed E-state index contributed by atoms with van der Waals surface area (Å²) in [5.74, 6) is 0.300. The van der Waals surface area contributed by atoms with Crippen LogP contribution in [0.25, 0.3) is 0 Å². The van der Waals surface area contributed by atoms with Crippen LogP contribution < -0.4 is 103 Å². The predicted octanol–water partition coefficient (Wildman–Crippen LogP) is -1.50. The van der Waals surface area contributed by atoms with Crippen molar-refractivity contribution in [3.8, 4) is 11.5 Å². The Balaban J connectivity index is 0.00000205. The van der Waals surface area contributed by atoms with Crippen LogP contribution in [0.5, 0.6) is 11.5 Å². The number of ether oxygens (including phenoxy) is 3. The van der Waals surface area contributed by atoms with E-state index in [9.17, 15) is 48.5 Å². The summed E-state index contributed by atoms with van der Waals surface area (Å²) in [7, 11) is -16.5. The Labute approximate surface area is 553 Å². The van der Waals surface area contributed by atoms with Gasteiger partial charge in [-0.15, -0.1) is 18.7 Å². The van der Waals surface area contributed by atoms with Crippen molar-refractivity contribution in [2.75, 3.05) is 42.7 Å². The van der Waals surface area contributed by atoms with Gasteiger partial charge >= 0.3 is 105 Å². The number of unbranched alkanes of at least 4 members (excludes halogenated alkanes) is 2. The molecule has 0 fully saturated rings. The number of benzene rings is 3. The van der Waals surface area contributed by atoms with Crippen LogP contribution in [0.1, 0.15) is 115 Å². The number of carboxylic acids is 1. The first-order valence-electron chi connectivity index (χ1n) is 26.1. The van der Waals surface area contributed by atoms with Crippen LogP contribution in [0.4, 0.5) is 11.4 Å². The Kier molecular flexibility index (Phi) is 26.7. The summed E-state index contributed by atoms with van der Waals surface area (Å²) in [6.45, 7) is 8.66. The van der Waals surface area contributed by atoms with E-state index in [4.69, 9.17) is 31.9 Å². The van der Waals surface area contributed by atoms with Crippen LogP contribution >= 0.6 is 0 Å². The molecule has 432 valence electrons. The Bertz CT molecular complexity index is 3610. The maximum atomic E-state index is 12.9. The minimum Gasteiger partial charge on any atom is -0.748 e. The number of fused-ring (bicyclic) bond motifs is 3. The third-order valence-electron chi connectivity index (χ3n) is 14.9. The van der Waals surface area contributed by atoms with E-state index in [-0.39, 0.29) is 143 Å². The van der Waals surface area contributed by atoms with Gasteiger partial charge in [-0.25, -0.2) is 26.2 Å². The number of nitrogens with zero attached hydrogens (tertiary/aromatic N) is 2. The van der Waals surface area contributed by atoms with Gasteiger partial charge < -0.3 is 33.3 Å². The molecule has 1 unspecified atom stereocenters.